The second-order valence-corrected chi connectivity index (χ2v) is 4.54. The molecule has 0 aliphatic heterocycles. The third-order valence-electron chi connectivity index (χ3n) is 1.93. The van der Waals surface area contributed by atoms with Crippen molar-refractivity contribution in [3.05, 3.63) is 27.0 Å². The molecule has 0 saturated carbocycles. The van der Waals surface area contributed by atoms with Gasteiger partial charge in [0.15, 0.2) is 0 Å². The number of halogens is 1. The Morgan fingerprint density at radius 3 is 2.88 bits per heavy atom. The van der Waals surface area contributed by atoms with E-state index in [-0.39, 0.29) is 11.4 Å². The van der Waals surface area contributed by atoms with Crippen LogP contribution in [-0.2, 0) is 0 Å². The fourth-order valence-corrected chi connectivity index (χ4v) is 1.62. The maximum atomic E-state index is 10.8. The molecule has 17 heavy (non-hydrogen) atoms. The minimum atomic E-state index is -0.511. The Morgan fingerprint density at radius 1 is 1.59 bits per heavy atom. The van der Waals surface area contributed by atoms with Crippen LogP contribution >= 0.6 is 15.9 Å². The van der Waals surface area contributed by atoms with Crippen LogP contribution in [0.15, 0.2) is 16.9 Å². The van der Waals surface area contributed by atoms with Gasteiger partial charge in [0, 0.05) is 18.8 Å². The predicted octanol–water partition coefficient (Wildman–Crippen LogP) is 2.13. The Kier molecular flexibility index (Phi) is 5.30. The monoisotopic (exact) mass is 303 g/mol. The zero-order valence-electron chi connectivity index (χ0n) is 9.64. The van der Waals surface area contributed by atoms with Crippen LogP contribution in [0, 0.1) is 10.1 Å². The van der Waals surface area contributed by atoms with Crippen LogP contribution < -0.4 is 10.1 Å². The average Bonchev–Trinajstić information content (AvgIpc) is 2.25. The van der Waals surface area contributed by atoms with E-state index in [9.17, 15) is 10.1 Å². The highest BCUT2D eigenvalue weighted by Crippen LogP contribution is 2.33. The van der Waals surface area contributed by atoms with Gasteiger partial charge in [-0.3, -0.25) is 15.1 Å². The summed E-state index contributed by atoms with van der Waals surface area (Å²) in [6.45, 7) is 5.03. The van der Waals surface area contributed by atoms with Gasteiger partial charge in [0.05, 0.1) is 9.40 Å². The molecule has 0 saturated heterocycles. The number of pyridine rings is 1. The fourth-order valence-electron chi connectivity index (χ4n) is 1.19. The molecule has 0 bridgehead atoms. The molecule has 1 aromatic rings. The zero-order valence-corrected chi connectivity index (χ0v) is 11.2. The summed E-state index contributed by atoms with van der Waals surface area (Å²) in [5.74, 6) is 0.218. The molecule has 0 aliphatic carbocycles. The summed E-state index contributed by atoms with van der Waals surface area (Å²) in [6, 6.07) is 0.356. The number of nitrogens with zero attached hydrogens (tertiary/aromatic N) is 2. The van der Waals surface area contributed by atoms with Crippen molar-refractivity contribution < 1.29 is 9.66 Å². The highest BCUT2D eigenvalue weighted by atomic mass is 79.9. The molecule has 0 unspecified atom stereocenters. The molecule has 1 N–H and O–H groups in total. The molecule has 0 atom stereocenters. The van der Waals surface area contributed by atoms with Crippen LogP contribution in [0.5, 0.6) is 5.75 Å². The Hall–Kier alpha value is -1.21. The molecule has 0 fully saturated rings. The Labute approximate surface area is 108 Å². The number of rotatable bonds is 6. The molecule has 1 heterocycles. The molecule has 1 rings (SSSR count). The van der Waals surface area contributed by atoms with Gasteiger partial charge in [-0.05, 0) is 15.9 Å². The molecule has 7 heteroatoms. The van der Waals surface area contributed by atoms with E-state index in [2.05, 4.69) is 26.2 Å². The van der Waals surface area contributed by atoms with Crippen molar-refractivity contribution in [3.8, 4) is 5.75 Å². The van der Waals surface area contributed by atoms with Gasteiger partial charge in [0.2, 0.25) is 5.75 Å². The number of ether oxygens (including phenoxy) is 1. The van der Waals surface area contributed by atoms with Crippen molar-refractivity contribution >= 4 is 21.6 Å². The van der Waals surface area contributed by atoms with Gasteiger partial charge >= 0.3 is 5.69 Å². The third kappa shape index (κ3) is 4.27. The van der Waals surface area contributed by atoms with E-state index < -0.39 is 4.92 Å². The van der Waals surface area contributed by atoms with E-state index >= 15 is 0 Å². The van der Waals surface area contributed by atoms with Crippen LogP contribution in [0.25, 0.3) is 0 Å². The molecule has 0 radical (unpaired) electrons. The fraction of sp³-hybridized carbons (Fsp3) is 0.500. The van der Waals surface area contributed by atoms with Crippen LogP contribution in [0.3, 0.4) is 0 Å². The van der Waals surface area contributed by atoms with E-state index in [4.69, 9.17) is 4.74 Å². The highest BCUT2D eigenvalue weighted by Gasteiger charge is 2.18. The van der Waals surface area contributed by atoms with E-state index in [0.717, 1.165) is 0 Å². The smallest absolute Gasteiger partial charge is 0.330 e. The maximum Gasteiger partial charge on any atom is 0.330 e. The van der Waals surface area contributed by atoms with Crippen molar-refractivity contribution in [3.63, 3.8) is 0 Å². The normalized spacial score (nSPS) is 10.6. The second-order valence-electron chi connectivity index (χ2n) is 3.68. The summed E-state index contributed by atoms with van der Waals surface area (Å²) in [7, 11) is 0. The second kappa shape index (κ2) is 6.51. The largest absolute Gasteiger partial charge is 0.485 e. The van der Waals surface area contributed by atoms with E-state index in [1.165, 1.54) is 12.4 Å². The topological polar surface area (TPSA) is 77.3 Å². The first kappa shape index (κ1) is 13.9. The third-order valence-corrected chi connectivity index (χ3v) is 2.50. The lowest BCUT2D eigenvalue weighted by molar-refractivity contribution is -0.386. The number of aromatic nitrogens is 1. The zero-order chi connectivity index (χ0) is 12.8. The van der Waals surface area contributed by atoms with Gasteiger partial charge in [-0.2, -0.15) is 0 Å². The lowest BCUT2D eigenvalue weighted by Gasteiger charge is -2.10. The van der Waals surface area contributed by atoms with Crippen molar-refractivity contribution in [2.45, 2.75) is 19.9 Å². The molecule has 0 aromatic carbocycles. The molecule has 6 nitrogen and oxygen atoms in total. The summed E-state index contributed by atoms with van der Waals surface area (Å²) in [5, 5.41) is 13.9. The quantitative estimate of drug-likeness (QED) is 0.495. The van der Waals surface area contributed by atoms with Gasteiger partial charge in [-0.15, -0.1) is 0 Å². The van der Waals surface area contributed by atoms with Gasteiger partial charge in [0.1, 0.15) is 12.8 Å². The van der Waals surface area contributed by atoms with Gasteiger partial charge in [-0.25, -0.2) is 0 Å². The first-order valence-corrected chi connectivity index (χ1v) is 5.95. The first-order chi connectivity index (χ1) is 8.02. The number of hydrogen-bond donors (Lipinski definition) is 1. The van der Waals surface area contributed by atoms with Crippen LogP contribution in [0.4, 0.5) is 5.69 Å². The van der Waals surface area contributed by atoms with Crippen LogP contribution in [0.2, 0.25) is 0 Å². The van der Waals surface area contributed by atoms with Gasteiger partial charge < -0.3 is 10.1 Å². The lowest BCUT2D eigenvalue weighted by Crippen LogP contribution is -2.27. The molecular formula is C10H14BrN3O3. The van der Waals surface area contributed by atoms with Crippen LogP contribution in [0.1, 0.15) is 13.8 Å². The minimum Gasteiger partial charge on any atom is -0.485 e. The highest BCUT2D eigenvalue weighted by molar-refractivity contribution is 9.10. The molecular weight excluding hydrogens is 290 g/mol. The summed E-state index contributed by atoms with van der Waals surface area (Å²) >= 11 is 3.18. The molecule has 0 aliphatic rings. The Bertz CT molecular complexity index is 398. The Morgan fingerprint density at radius 2 is 2.29 bits per heavy atom. The Balaban J connectivity index is 2.66. The van der Waals surface area contributed by atoms with Gasteiger partial charge in [-0.1, -0.05) is 13.8 Å². The molecule has 1 aromatic heterocycles. The standard InChI is InChI=1S/C10H14BrN3O3/c1-7(2)13-3-4-17-10-8(11)5-12-6-9(10)14(15)16/h5-7,13H,3-4H2,1-2H3. The summed E-state index contributed by atoms with van der Waals surface area (Å²) in [6.07, 6.45) is 2.65. The number of hydrogen-bond acceptors (Lipinski definition) is 5. The van der Waals surface area contributed by atoms with E-state index in [1.54, 1.807) is 0 Å². The van der Waals surface area contributed by atoms with E-state index in [0.29, 0.717) is 23.7 Å². The van der Waals surface area contributed by atoms with Crippen molar-refractivity contribution in [2.75, 3.05) is 13.2 Å². The summed E-state index contributed by atoms with van der Waals surface area (Å²) in [4.78, 5) is 14.0. The number of nitrogens with one attached hydrogen (secondary N) is 1. The minimum absolute atomic E-state index is 0.135. The number of nitro groups is 1. The first-order valence-electron chi connectivity index (χ1n) is 5.16. The van der Waals surface area contributed by atoms with Crippen molar-refractivity contribution in [1.82, 2.24) is 10.3 Å². The molecule has 0 spiro atoms. The SMILES string of the molecule is CC(C)NCCOc1c(Br)cncc1[N+](=O)[O-]. The van der Waals surface area contributed by atoms with Gasteiger partial charge in [0.25, 0.3) is 0 Å². The van der Waals surface area contributed by atoms with Crippen molar-refractivity contribution in [2.24, 2.45) is 0 Å². The molecule has 0 amide bonds. The summed E-state index contributed by atoms with van der Waals surface area (Å²) in [5.41, 5.74) is -0.135. The molecule has 94 valence electrons. The van der Waals surface area contributed by atoms with Crippen molar-refractivity contribution in [1.29, 1.82) is 0 Å². The lowest BCUT2D eigenvalue weighted by atomic mass is 10.4. The predicted molar refractivity (Wildman–Crippen MR) is 67.2 cm³/mol. The van der Waals surface area contributed by atoms with Crippen LogP contribution in [-0.4, -0.2) is 29.1 Å². The van der Waals surface area contributed by atoms with E-state index in [1.807, 2.05) is 13.8 Å². The maximum absolute atomic E-state index is 10.8. The summed E-state index contributed by atoms with van der Waals surface area (Å²) < 4.78 is 5.87. The average molecular weight is 304 g/mol.